The van der Waals surface area contributed by atoms with Crippen molar-refractivity contribution in [3.63, 3.8) is 0 Å². The summed E-state index contributed by atoms with van der Waals surface area (Å²) < 4.78 is 13.6. The maximum Gasteiger partial charge on any atom is 0.241 e. The Hall–Kier alpha value is -2.50. The molecule has 8 heteroatoms. The molecular weight excluding hydrogens is 421 g/mol. The van der Waals surface area contributed by atoms with Gasteiger partial charge in [0.2, 0.25) is 11.8 Å². The molecule has 33 heavy (non-hydrogen) atoms. The van der Waals surface area contributed by atoms with Gasteiger partial charge >= 0.3 is 0 Å². The average molecular weight is 454 g/mol. The van der Waals surface area contributed by atoms with Crippen LogP contribution in [0.1, 0.15) is 51.0 Å². The van der Waals surface area contributed by atoms with Crippen LogP contribution >= 0.6 is 0 Å². The molecule has 7 nitrogen and oxygen atoms in total. The molecule has 1 aliphatic carbocycles. The van der Waals surface area contributed by atoms with Gasteiger partial charge in [-0.05, 0) is 49.3 Å². The Labute approximate surface area is 194 Å². The lowest BCUT2D eigenvalue weighted by Crippen LogP contribution is -2.60. The highest BCUT2D eigenvalue weighted by molar-refractivity contribution is 5.87. The van der Waals surface area contributed by atoms with E-state index in [1.807, 2.05) is 19.1 Å². The summed E-state index contributed by atoms with van der Waals surface area (Å²) >= 11 is 0. The van der Waals surface area contributed by atoms with Crippen molar-refractivity contribution in [1.29, 1.82) is 5.26 Å². The van der Waals surface area contributed by atoms with Crippen LogP contribution < -0.4 is 5.73 Å². The zero-order valence-electron chi connectivity index (χ0n) is 19.1. The predicted molar refractivity (Wildman–Crippen MR) is 120 cm³/mol. The molecule has 1 aromatic rings. The maximum atomic E-state index is 13.6. The van der Waals surface area contributed by atoms with E-state index in [1.54, 1.807) is 4.90 Å². The van der Waals surface area contributed by atoms with E-state index < -0.39 is 12.1 Å². The molecule has 3 heterocycles. The second-order valence-electron chi connectivity index (χ2n) is 10.4. The summed E-state index contributed by atoms with van der Waals surface area (Å²) in [6, 6.07) is 7.50. The molecule has 4 unspecified atom stereocenters. The second kappa shape index (κ2) is 8.37. The molecule has 1 saturated carbocycles. The van der Waals surface area contributed by atoms with Gasteiger partial charge in [0, 0.05) is 25.7 Å². The lowest BCUT2D eigenvalue weighted by molar-refractivity contribution is -0.145. The Morgan fingerprint density at radius 3 is 2.58 bits per heavy atom. The number of likely N-dealkylation sites (tertiary alicyclic amines) is 3. The van der Waals surface area contributed by atoms with E-state index in [9.17, 15) is 19.2 Å². The first-order chi connectivity index (χ1) is 15.8. The summed E-state index contributed by atoms with van der Waals surface area (Å²) in [6.45, 7) is 3.62. The van der Waals surface area contributed by atoms with Gasteiger partial charge in [-0.1, -0.05) is 31.9 Å². The van der Waals surface area contributed by atoms with Gasteiger partial charge in [-0.25, -0.2) is 4.39 Å². The van der Waals surface area contributed by atoms with E-state index in [-0.39, 0.29) is 41.2 Å². The zero-order valence-corrected chi connectivity index (χ0v) is 19.1. The minimum absolute atomic E-state index is 0.0756. The van der Waals surface area contributed by atoms with Crippen molar-refractivity contribution in [2.75, 3.05) is 19.6 Å². The van der Waals surface area contributed by atoms with Gasteiger partial charge in [-0.15, -0.1) is 0 Å². The zero-order chi connectivity index (χ0) is 23.3. The predicted octanol–water partition coefficient (Wildman–Crippen LogP) is 1.97. The number of rotatable bonds is 5. The molecule has 0 spiro atoms. The molecule has 5 rings (SSSR count). The van der Waals surface area contributed by atoms with Crippen LogP contribution in [0, 0.1) is 23.1 Å². The fourth-order valence-electron chi connectivity index (χ4n) is 6.77. The first-order valence-electron chi connectivity index (χ1n) is 12.1. The fourth-order valence-corrected chi connectivity index (χ4v) is 6.77. The topological polar surface area (TPSA) is 93.7 Å². The number of benzene rings is 1. The monoisotopic (exact) mass is 453 g/mol. The van der Waals surface area contributed by atoms with Crippen molar-refractivity contribution in [3.8, 4) is 6.07 Å². The van der Waals surface area contributed by atoms with Gasteiger partial charge in [0.25, 0.3) is 0 Å². The number of nitrogens with zero attached hydrogens (tertiary/aromatic N) is 4. The quantitative estimate of drug-likeness (QED) is 0.736. The standard InChI is InChI=1S/C25H32FN5O2/c1-16-10-19(12-27)30(13-16)23(32)21(28)15-29-14-20-11-22(29)24(33)31(20)25(8-2-3-9-25)17-4-6-18(26)7-5-17/h4-7,16,19-22H,2-3,8-11,13-15,28H2,1H3/t16?,19?,20-,21?,22?/m0/s1. The third-order valence-electron chi connectivity index (χ3n) is 8.23. The molecule has 2 bridgehead atoms. The molecule has 4 aliphatic rings. The summed E-state index contributed by atoms with van der Waals surface area (Å²) in [5, 5.41) is 9.39. The first-order valence-corrected chi connectivity index (χ1v) is 12.1. The van der Waals surface area contributed by atoms with Gasteiger partial charge in [-0.3, -0.25) is 14.5 Å². The van der Waals surface area contributed by atoms with Crippen LogP contribution in [0.5, 0.6) is 0 Å². The van der Waals surface area contributed by atoms with E-state index in [4.69, 9.17) is 5.73 Å². The molecule has 4 fully saturated rings. The minimum Gasteiger partial charge on any atom is -0.327 e. The highest BCUT2D eigenvalue weighted by Gasteiger charge is 2.57. The summed E-state index contributed by atoms with van der Waals surface area (Å²) in [5.74, 6) is -0.0757. The summed E-state index contributed by atoms with van der Waals surface area (Å²) in [6.07, 6.45) is 5.32. The van der Waals surface area contributed by atoms with Crippen LogP contribution in [0.2, 0.25) is 0 Å². The number of fused-ring (bicyclic) bond motifs is 2. The third kappa shape index (κ3) is 3.62. The second-order valence-corrected chi connectivity index (χ2v) is 10.4. The van der Waals surface area contributed by atoms with Crippen molar-refractivity contribution in [2.24, 2.45) is 11.7 Å². The minimum atomic E-state index is -0.746. The van der Waals surface area contributed by atoms with Crippen LogP contribution in [-0.2, 0) is 15.1 Å². The SMILES string of the molecule is CC1CC(C#N)N(C(=O)C(N)CN2C[C@@H]3CC2C(=O)N3C2(c3ccc(F)cc3)CCCC2)C1. The van der Waals surface area contributed by atoms with Crippen LogP contribution in [-0.4, -0.2) is 70.3 Å². The highest BCUT2D eigenvalue weighted by atomic mass is 19.1. The Morgan fingerprint density at radius 2 is 1.94 bits per heavy atom. The molecule has 2 N–H and O–H groups in total. The number of hydrogen-bond donors (Lipinski definition) is 1. The van der Waals surface area contributed by atoms with E-state index in [1.165, 1.54) is 12.1 Å². The number of hydrogen-bond acceptors (Lipinski definition) is 5. The van der Waals surface area contributed by atoms with Crippen molar-refractivity contribution < 1.29 is 14.0 Å². The Balaban J connectivity index is 1.30. The number of amides is 2. The van der Waals surface area contributed by atoms with Gasteiger partial charge in [0.15, 0.2) is 0 Å². The number of piperazine rings is 1. The molecule has 3 aliphatic heterocycles. The molecule has 5 atom stereocenters. The molecule has 2 amide bonds. The largest absolute Gasteiger partial charge is 0.327 e. The number of carbonyl (C=O) groups is 2. The Morgan fingerprint density at radius 1 is 1.24 bits per heavy atom. The average Bonchev–Trinajstić information content (AvgIpc) is 3.57. The molecule has 3 saturated heterocycles. The smallest absolute Gasteiger partial charge is 0.241 e. The number of nitriles is 1. The van der Waals surface area contributed by atoms with Gasteiger partial charge in [0.1, 0.15) is 11.9 Å². The van der Waals surface area contributed by atoms with Crippen LogP contribution in [0.4, 0.5) is 4.39 Å². The lowest BCUT2D eigenvalue weighted by atomic mass is 9.85. The fraction of sp³-hybridized carbons (Fsp3) is 0.640. The maximum absolute atomic E-state index is 13.6. The van der Waals surface area contributed by atoms with Crippen LogP contribution in [0.25, 0.3) is 0 Å². The lowest BCUT2D eigenvalue weighted by Gasteiger charge is -2.46. The van der Waals surface area contributed by atoms with Crippen LogP contribution in [0.3, 0.4) is 0 Å². The summed E-state index contributed by atoms with van der Waals surface area (Å²) in [5.41, 5.74) is 6.96. The van der Waals surface area contributed by atoms with Gasteiger partial charge in [0.05, 0.1) is 23.7 Å². The van der Waals surface area contributed by atoms with E-state index >= 15 is 0 Å². The van der Waals surface area contributed by atoms with E-state index in [0.29, 0.717) is 26.1 Å². The molecule has 1 aromatic carbocycles. The summed E-state index contributed by atoms with van der Waals surface area (Å²) in [7, 11) is 0. The Bertz CT molecular complexity index is 970. The van der Waals surface area contributed by atoms with E-state index in [2.05, 4.69) is 15.9 Å². The van der Waals surface area contributed by atoms with Gasteiger partial charge in [-0.2, -0.15) is 5.26 Å². The summed E-state index contributed by atoms with van der Waals surface area (Å²) in [4.78, 5) is 32.3. The molecular formula is C25H32FN5O2. The normalized spacial score (nSPS) is 31.9. The first kappa shape index (κ1) is 22.3. The van der Waals surface area contributed by atoms with Crippen LogP contribution in [0.15, 0.2) is 24.3 Å². The Kier molecular flexibility index (Phi) is 5.66. The third-order valence-corrected chi connectivity index (χ3v) is 8.23. The highest BCUT2D eigenvalue weighted by Crippen LogP contribution is 2.50. The molecule has 176 valence electrons. The van der Waals surface area contributed by atoms with Crippen molar-refractivity contribution in [3.05, 3.63) is 35.6 Å². The van der Waals surface area contributed by atoms with Crippen molar-refractivity contribution >= 4 is 11.8 Å². The number of carbonyl (C=O) groups excluding carboxylic acids is 2. The molecule has 0 aromatic heterocycles. The molecule has 0 radical (unpaired) electrons. The van der Waals surface area contributed by atoms with Crippen molar-refractivity contribution in [2.45, 2.75) is 75.2 Å². The van der Waals surface area contributed by atoms with E-state index in [0.717, 1.165) is 37.7 Å². The number of nitrogens with two attached hydrogens (primary N) is 1. The van der Waals surface area contributed by atoms with Gasteiger partial charge < -0.3 is 15.5 Å². The van der Waals surface area contributed by atoms with Crippen molar-refractivity contribution in [1.82, 2.24) is 14.7 Å². The number of halogens is 1.